The normalized spacial score (nSPS) is 23.3. The lowest BCUT2D eigenvalue weighted by molar-refractivity contribution is -0.0442. The zero-order valence-electron chi connectivity index (χ0n) is 25.5. The molecule has 0 aliphatic carbocycles. The number of likely N-dealkylation sites (tertiary alicyclic amines) is 2. The lowest BCUT2D eigenvalue weighted by atomic mass is 9.97. The number of piperidine rings is 2. The first-order chi connectivity index (χ1) is 20.1. The van der Waals surface area contributed by atoms with Gasteiger partial charge >= 0.3 is 0 Å². The third kappa shape index (κ3) is 7.30. The lowest BCUT2D eigenvalue weighted by Gasteiger charge is -2.43. The van der Waals surface area contributed by atoms with E-state index in [1.165, 1.54) is 28.0 Å². The van der Waals surface area contributed by atoms with E-state index in [9.17, 15) is 13.2 Å². The minimum absolute atomic E-state index is 0.0433. The molecule has 11 heteroatoms. The molecule has 2 aromatic rings. The number of hydrogen-bond donors (Lipinski definition) is 1. The van der Waals surface area contributed by atoms with E-state index in [2.05, 4.69) is 51.4 Å². The second kappa shape index (κ2) is 13.4. The van der Waals surface area contributed by atoms with Crippen molar-refractivity contribution in [2.75, 3.05) is 51.3 Å². The molecule has 230 valence electrons. The van der Waals surface area contributed by atoms with Crippen molar-refractivity contribution in [2.45, 2.75) is 83.1 Å². The third-order valence-corrected chi connectivity index (χ3v) is 10.7. The van der Waals surface area contributed by atoms with E-state index >= 15 is 0 Å². The van der Waals surface area contributed by atoms with Gasteiger partial charge in [-0.05, 0) is 77.4 Å². The molecule has 1 N–H and O–H groups in total. The minimum atomic E-state index is -3.17. The second-order valence-electron chi connectivity index (χ2n) is 12.2. The predicted molar refractivity (Wildman–Crippen MR) is 164 cm³/mol. The van der Waals surface area contributed by atoms with E-state index in [0.717, 1.165) is 63.6 Å². The summed E-state index contributed by atoms with van der Waals surface area (Å²) in [5.41, 5.74) is 3.70. The van der Waals surface area contributed by atoms with Gasteiger partial charge in [0.15, 0.2) is 0 Å². The molecule has 3 fully saturated rings. The van der Waals surface area contributed by atoms with Crippen molar-refractivity contribution in [3.8, 4) is 0 Å². The van der Waals surface area contributed by atoms with Crippen LogP contribution in [0.4, 0.5) is 5.82 Å². The lowest BCUT2D eigenvalue weighted by Crippen LogP contribution is -2.52. The largest absolute Gasteiger partial charge is 0.368 e. The number of aromatic nitrogens is 2. The van der Waals surface area contributed by atoms with Crippen LogP contribution < -0.4 is 5.32 Å². The van der Waals surface area contributed by atoms with Crippen LogP contribution in [-0.2, 0) is 14.8 Å². The molecule has 42 heavy (non-hydrogen) atoms. The van der Waals surface area contributed by atoms with Gasteiger partial charge in [-0.1, -0.05) is 29.8 Å². The number of anilines is 1. The molecular weight excluding hydrogens is 552 g/mol. The molecule has 0 saturated carbocycles. The van der Waals surface area contributed by atoms with E-state index in [-0.39, 0.29) is 24.2 Å². The first kappa shape index (κ1) is 30.8. The fourth-order valence-corrected chi connectivity index (χ4v) is 7.35. The highest BCUT2D eigenvalue weighted by atomic mass is 32.2. The maximum Gasteiger partial charge on any atom is 0.272 e. The zero-order chi connectivity index (χ0) is 29.9. The van der Waals surface area contributed by atoms with Crippen molar-refractivity contribution < 1.29 is 17.9 Å². The molecule has 0 spiro atoms. The van der Waals surface area contributed by atoms with Crippen LogP contribution in [0.3, 0.4) is 0 Å². The molecule has 5 rings (SSSR count). The summed E-state index contributed by atoms with van der Waals surface area (Å²) in [5, 5.41) is 3.44. The van der Waals surface area contributed by atoms with Crippen molar-refractivity contribution in [2.24, 2.45) is 0 Å². The molecule has 3 aliphatic heterocycles. The van der Waals surface area contributed by atoms with Gasteiger partial charge in [0, 0.05) is 44.3 Å². The highest BCUT2D eigenvalue weighted by Crippen LogP contribution is 2.32. The standard InChI is InChI=1S/C31H46N6O4S/c1-22-8-10-24(11-9-22)28-7-5-6-27(41-28)20-32-30-23(2)29(33-21-34-30)31(38)37-18-14-26(15-19-37)36-16-12-25(13-17-36)35(3)42(4,39)40/h8-11,21,25-28H,5-7,12-20H2,1-4H3,(H,32,33,34)/t27?,28-/m0/s1. The van der Waals surface area contributed by atoms with Crippen LogP contribution in [0.25, 0.3) is 0 Å². The topological polar surface area (TPSA) is 108 Å². The Morgan fingerprint density at radius 2 is 1.69 bits per heavy atom. The predicted octanol–water partition coefficient (Wildman–Crippen LogP) is 3.78. The van der Waals surface area contributed by atoms with E-state index in [1.54, 1.807) is 7.05 Å². The molecule has 4 heterocycles. The Morgan fingerprint density at radius 1 is 1.00 bits per heavy atom. The van der Waals surface area contributed by atoms with E-state index < -0.39 is 10.0 Å². The molecule has 1 amide bonds. The zero-order valence-corrected chi connectivity index (χ0v) is 26.3. The van der Waals surface area contributed by atoms with Gasteiger partial charge in [0.05, 0.1) is 18.5 Å². The maximum absolute atomic E-state index is 13.5. The fourth-order valence-electron chi connectivity index (χ4n) is 6.60. The maximum atomic E-state index is 13.5. The second-order valence-corrected chi connectivity index (χ2v) is 14.3. The SMILES string of the molecule is Cc1ccc([C@@H]2CCCC(CNc3ncnc(C(=O)N4CCC(N5CCC(N(C)S(C)(=O)=O)CC5)CC4)c3C)O2)cc1. The molecule has 1 aromatic carbocycles. The van der Waals surface area contributed by atoms with Gasteiger partial charge in [0.1, 0.15) is 17.8 Å². The van der Waals surface area contributed by atoms with Crippen LogP contribution in [-0.4, -0.2) is 103 Å². The third-order valence-electron chi connectivity index (χ3n) is 9.39. The molecule has 0 radical (unpaired) electrons. The molecule has 2 atom stereocenters. The number of sulfonamides is 1. The number of benzene rings is 1. The number of hydrogen-bond acceptors (Lipinski definition) is 8. The van der Waals surface area contributed by atoms with Crippen molar-refractivity contribution in [3.63, 3.8) is 0 Å². The number of carbonyl (C=O) groups excluding carboxylic acids is 1. The number of ether oxygens (including phenoxy) is 1. The summed E-state index contributed by atoms with van der Waals surface area (Å²) in [5.74, 6) is 0.643. The van der Waals surface area contributed by atoms with Gasteiger partial charge in [-0.2, -0.15) is 0 Å². The molecule has 0 bridgehead atoms. The van der Waals surface area contributed by atoms with Crippen LogP contribution >= 0.6 is 0 Å². The van der Waals surface area contributed by atoms with Gasteiger partial charge in [-0.25, -0.2) is 22.7 Å². The van der Waals surface area contributed by atoms with Crippen LogP contribution in [0.5, 0.6) is 0 Å². The Balaban J connectivity index is 1.11. The number of nitrogens with one attached hydrogen (secondary N) is 1. The van der Waals surface area contributed by atoms with Gasteiger partial charge in [-0.15, -0.1) is 0 Å². The van der Waals surface area contributed by atoms with Crippen LogP contribution in [0.15, 0.2) is 30.6 Å². The van der Waals surface area contributed by atoms with E-state index in [4.69, 9.17) is 4.74 Å². The van der Waals surface area contributed by atoms with Crippen LogP contribution in [0, 0.1) is 13.8 Å². The average Bonchev–Trinajstić information content (AvgIpc) is 3.00. The Bertz CT molecular complexity index is 1320. The highest BCUT2D eigenvalue weighted by Gasteiger charge is 2.33. The molecule has 3 saturated heterocycles. The molecule has 3 aliphatic rings. The quantitative estimate of drug-likeness (QED) is 0.489. The Morgan fingerprint density at radius 3 is 2.36 bits per heavy atom. The summed E-state index contributed by atoms with van der Waals surface area (Å²) in [4.78, 5) is 26.7. The highest BCUT2D eigenvalue weighted by molar-refractivity contribution is 7.88. The van der Waals surface area contributed by atoms with Gasteiger partial charge in [-0.3, -0.25) is 4.79 Å². The number of nitrogens with zero attached hydrogens (tertiary/aromatic N) is 5. The number of aryl methyl sites for hydroxylation is 1. The van der Waals surface area contributed by atoms with Crippen molar-refractivity contribution in [3.05, 3.63) is 53.0 Å². The van der Waals surface area contributed by atoms with Crippen LogP contribution in [0.2, 0.25) is 0 Å². The van der Waals surface area contributed by atoms with Crippen molar-refractivity contribution in [1.82, 2.24) is 24.1 Å². The molecule has 1 unspecified atom stereocenters. The Hall–Kier alpha value is -2.60. The number of rotatable bonds is 8. The van der Waals surface area contributed by atoms with E-state index in [0.29, 0.717) is 37.2 Å². The summed E-state index contributed by atoms with van der Waals surface area (Å²) in [6, 6.07) is 9.08. The Kier molecular flexibility index (Phi) is 9.81. The van der Waals surface area contributed by atoms with E-state index in [1.807, 2.05) is 11.8 Å². The summed E-state index contributed by atoms with van der Waals surface area (Å²) in [6.07, 6.45) is 9.58. The summed E-state index contributed by atoms with van der Waals surface area (Å²) in [7, 11) is -1.49. The number of carbonyl (C=O) groups is 1. The molecule has 1 aromatic heterocycles. The molecular formula is C31H46N6O4S. The number of amides is 1. The fraction of sp³-hybridized carbons (Fsp3) is 0.645. The monoisotopic (exact) mass is 598 g/mol. The first-order valence-electron chi connectivity index (χ1n) is 15.3. The smallest absolute Gasteiger partial charge is 0.272 e. The van der Waals surface area contributed by atoms with Gasteiger partial charge < -0.3 is 19.9 Å². The van der Waals surface area contributed by atoms with Gasteiger partial charge in [0.2, 0.25) is 10.0 Å². The first-order valence-corrected chi connectivity index (χ1v) is 17.2. The Labute approximate surface area is 250 Å². The van der Waals surface area contributed by atoms with Crippen LogP contribution in [0.1, 0.15) is 78.2 Å². The molecule has 10 nitrogen and oxygen atoms in total. The summed E-state index contributed by atoms with van der Waals surface area (Å²) < 4.78 is 31.8. The van der Waals surface area contributed by atoms with Crippen molar-refractivity contribution in [1.29, 1.82) is 0 Å². The summed E-state index contributed by atoms with van der Waals surface area (Å²) in [6.45, 7) is 7.80. The summed E-state index contributed by atoms with van der Waals surface area (Å²) >= 11 is 0. The van der Waals surface area contributed by atoms with Crippen molar-refractivity contribution >= 4 is 21.7 Å². The minimum Gasteiger partial charge on any atom is -0.368 e. The average molecular weight is 599 g/mol. The van der Waals surface area contributed by atoms with Gasteiger partial charge in [0.25, 0.3) is 5.91 Å².